The number of benzene rings is 2. The maximum Gasteiger partial charge on any atom is 0.309 e. The maximum absolute atomic E-state index is 11.2. The van der Waals surface area contributed by atoms with E-state index in [1.807, 2.05) is 24.3 Å². The molecule has 5 nitrogen and oxygen atoms in total. The van der Waals surface area contributed by atoms with Crippen LogP contribution in [0.1, 0.15) is 23.1 Å². The summed E-state index contributed by atoms with van der Waals surface area (Å²) in [6.07, 6.45) is 1.77. The molecule has 0 radical (unpaired) electrons. The highest BCUT2D eigenvalue weighted by atomic mass is 16.6. The molecule has 0 aliphatic carbocycles. The SMILES string of the molecule is COC(=O)Cc1ccc(CCC#Cc2ccc([N+](=O)[O-])cc2)cc1. The Morgan fingerprint density at radius 3 is 2.29 bits per heavy atom. The Hall–Kier alpha value is -3.13. The number of esters is 1. The first-order chi connectivity index (χ1) is 11.6. The van der Waals surface area contributed by atoms with E-state index in [2.05, 4.69) is 16.6 Å². The third-order valence-corrected chi connectivity index (χ3v) is 3.45. The zero-order valence-electron chi connectivity index (χ0n) is 13.3. The molecule has 2 rings (SSSR count). The topological polar surface area (TPSA) is 69.4 Å². The number of methoxy groups -OCH3 is 1. The van der Waals surface area contributed by atoms with Crippen LogP contribution in [0, 0.1) is 22.0 Å². The molecule has 122 valence electrons. The molecule has 0 atom stereocenters. The van der Waals surface area contributed by atoms with E-state index in [0.717, 1.165) is 23.1 Å². The summed E-state index contributed by atoms with van der Waals surface area (Å²) in [5.74, 6) is 5.80. The van der Waals surface area contributed by atoms with Crippen LogP contribution in [0.15, 0.2) is 48.5 Å². The van der Waals surface area contributed by atoms with Gasteiger partial charge in [-0.15, -0.1) is 0 Å². The summed E-state index contributed by atoms with van der Waals surface area (Å²) >= 11 is 0. The molecule has 0 bridgehead atoms. The highest BCUT2D eigenvalue weighted by Crippen LogP contribution is 2.11. The molecule has 0 spiro atoms. The van der Waals surface area contributed by atoms with Gasteiger partial charge in [-0.25, -0.2) is 0 Å². The first-order valence-corrected chi connectivity index (χ1v) is 7.46. The molecule has 0 fully saturated rings. The fraction of sp³-hybridized carbons (Fsp3) is 0.211. The summed E-state index contributed by atoms with van der Waals surface area (Å²) in [5.41, 5.74) is 2.88. The summed E-state index contributed by atoms with van der Waals surface area (Å²) in [7, 11) is 1.38. The van der Waals surface area contributed by atoms with Crippen LogP contribution in [0.3, 0.4) is 0 Å². The van der Waals surface area contributed by atoms with Gasteiger partial charge >= 0.3 is 5.97 Å². The van der Waals surface area contributed by atoms with Crippen molar-refractivity contribution in [2.24, 2.45) is 0 Å². The number of carbonyl (C=O) groups excluding carboxylic acids is 1. The van der Waals surface area contributed by atoms with Crippen molar-refractivity contribution in [2.75, 3.05) is 7.11 Å². The standard InChI is InChI=1S/C19H17NO4/c1-24-19(21)14-17-8-6-15(7-9-17)4-2-3-5-16-10-12-18(13-11-16)20(22)23/h6-13H,2,4,14H2,1H3. The number of rotatable bonds is 5. The normalized spacial score (nSPS) is 9.71. The summed E-state index contributed by atoms with van der Waals surface area (Å²) in [6, 6.07) is 14.0. The second-order valence-electron chi connectivity index (χ2n) is 5.18. The molecule has 0 saturated carbocycles. The number of hydrogen-bond acceptors (Lipinski definition) is 4. The summed E-state index contributed by atoms with van der Waals surface area (Å²) in [5, 5.41) is 10.6. The van der Waals surface area contributed by atoms with E-state index in [-0.39, 0.29) is 18.1 Å². The molecule has 0 amide bonds. The molecule has 5 heteroatoms. The predicted molar refractivity (Wildman–Crippen MR) is 90.5 cm³/mol. The van der Waals surface area contributed by atoms with Crippen LogP contribution in [0.4, 0.5) is 5.69 Å². The summed E-state index contributed by atoms with van der Waals surface area (Å²) < 4.78 is 4.63. The highest BCUT2D eigenvalue weighted by Gasteiger charge is 2.03. The molecule has 0 aliphatic heterocycles. The zero-order valence-corrected chi connectivity index (χ0v) is 13.3. The van der Waals surface area contributed by atoms with Gasteiger partial charge in [0.1, 0.15) is 0 Å². The van der Waals surface area contributed by atoms with E-state index in [9.17, 15) is 14.9 Å². The summed E-state index contributed by atoms with van der Waals surface area (Å²) in [4.78, 5) is 21.3. The van der Waals surface area contributed by atoms with Crippen molar-refractivity contribution < 1.29 is 14.5 Å². The van der Waals surface area contributed by atoms with Crippen molar-refractivity contribution in [3.05, 3.63) is 75.3 Å². The number of nitro benzene ring substituents is 1. The molecular weight excluding hydrogens is 306 g/mol. The Labute approximate surface area is 140 Å². The fourth-order valence-electron chi connectivity index (χ4n) is 2.10. The Balaban J connectivity index is 1.86. The van der Waals surface area contributed by atoms with E-state index in [0.29, 0.717) is 6.42 Å². The molecule has 2 aromatic rings. The van der Waals surface area contributed by atoms with Gasteiger partial charge < -0.3 is 4.74 Å². The molecule has 0 aromatic heterocycles. The van der Waals surface area contributed by atoms with E-state index < -0.39 is 4.92 Å². The number of non-ortho nitro benzene ring substituents is 1. The van der Waals surface area contributed by atoms with Crippen molar-refractivity contribution in [1.29, 1.82) is 0 Å². The van der Waals surface area contributed by atoms with Crippen LogP contribution in [0.2, 0.25) is 0 Å². The lowest BCUT2D eigenvalue weighted by Crippen LogP contribution is -2.04. The van der Waals surface area contributed by atoms with Gasteiger partial charge in [-0.3, -0.25) is 14.9 Å². The quantitative estimate of drug-likeness (QED) is 0.366. The lowest BCUT2D eigenvalue weighted by molar-refractivity contribution is -0.384. The molecule has 0 aliphatic rings. The average molecular weight is 323 g/mol. The number of ether oxygens (including phenoxy) is 1. The number of carbonyl (C=O) groups is 1. The first kappa shape index (κ1) is 17.2. The van der Waals surface area contributed by atoms with Gasteiger partial charge in [0.15, 0.2) is 0 Å². The summed E-state index contributed by atoms with van der Waals surface area (Å²) in [6.45, 7) is 0. The molecule has 0 saturated heterocycles. The highest BCUT2D eigenvalue weighted by molar-refractivity contribution is 5.72. The molecular formula is C19H17NO4. The average Bonchev–Trinajstić information content (AvgIpc) is 2.60. The third kappa shape index (κ3) is 5.25. The lowest BCUT2D eigenvalue weighted by atomic mass is 10.1. The zero-order chi connectivity index (χ0) is 17.4. The van der Waals surface area contributed by atoms with Crippen LogP contribution in [0.5, 0.6) is 0 Å². The van der Waals surface area contributed by atoms with Crippen molar-refractivity contribution in [2.45, 2.75) is 19.3 Å². The Morgan fingerprint density at radius 1 is 1.08 bits per heavy atom. The minimum Gasteiger partial charge on any atom is -0.469 e. The van der Waals surface area contributed by atoms with Gasteiger partial charge in [0.2, 0.25) is 0 Å². The molecule has 0 unspecified atom stereocenters. The van der Waals surface area contributed by atoms with Gasteiger partial charge in [0.05, 0.1) is 18.5 Å². The number of aryl methyl sites for hydroxylation is 1. The van der Waals surface area contributed by atoms with Gasteiger partial charge in [-0.1, -0.05) is 36.1 Å². The second kappa shape index (κ2) is 8.49. The monoisotopic (exact) mass is 323 g/mol. The minimum atomic E-state index is -0.429. The van der Waals surface area contributed by atoms with Crippen molar-refractivity contribution in [1.82, 2.24) is 0 Å². The van der Waals surface area contributed by atoms with Crippen molar-refractivity contribution in [3.63, 3.8) is 0 Å². The smallest absolute Gasteiger partial charge is 0.309 e. The van der Waals surface area contributed by atoms with Crippen LogP contribution in [-0.4, -0.2) is 18.0 Å². The van der Waals surface area contributed by atoms with Crippen LogP contribution in [-0.2, 0) is 22.4 Å². The van der Waals surface area contributed by atoms with E-state index in [1.54, 1.807) is 12.1 Å². The molecule has 0 N–H and O–H groups in total. The van der Waals surface area contributed by atoms with E-state index >= 15 is 0 Å². The Bertz CT molecular complexity index is 768. The van der Waals surface area contributed by atoms with Crippen molar-refractivity contribution in [3.8, 4) is 11.8 Å². The maximum atomic E-state index is 11.2. The number of nitrogens with zero attached hydrogens (tertiary/aromatic N) is 1. The molecule has 24 heavy (non-hydrogen) atoms. The molecule has 0 heterocycles. The fourth-order valence-corrected chi connectivity index (χ4v) is 2.10. The van der Waals surface area contributed by atoms with Gasteiger partial charge in [-0.2, -0.15) is 0 Å². The minimum absolute atomic E-state index is 0.0626. The van der Waals surface area contributed by atoms with Gasteiger partial charge in [0, 0.05) is 24.1 Å². The predicted octanol–water partition coefficient (Wildman–Crippen LogP) is 3.29. The van der Waals surface area contributed by atoms with Crippen LogP contribution >= 0.6 is 0 Å². The molecule has 2 aromatic carbocycles. The van der Waals surface area contributed by atoms with Crippen molar-refractivity contribution >= 4 is 11.7 Å². The Kier molecular flexibility index (Phi) is 6.09. The number of nitro groups is 1. The van der Waals surface area contributed by atoms with Crippen LogP contribution < -0.4 is 0 Å². The van der Waals surface area contributed by atoms with Gasteiger partial charge in [-0.05, 0) is 29.7 Å². The Morgan fingerprint density at radius 2 is 1.71 bits per heavy atom. The van der Waals surface area contributed by atoms with E-state index in [1.165, 1.54) is 19.2 Å². The second-order valence-corrected chi connectivity index (χ2v) is 5.18. The number of hydrogen-bond donors (Lipinski definition) is 0. The van der Waals surface area contributed by atoms with Gasteiger partial charge in [0.25, 0.3) is 5.69 Å². The lowest BCUT2D eigenvalue weighted by Gasteiger charge is -2.02. The third-order valence-electron chi connectivity index (χ3n) is 3.45. The first-order valence-electron chi connectivity index (χ1n) is 7.46. The van der Waals surface area contributed by atoms with Crippen LogP contribution in [0.25, 0.3) is 0 Å². The van der Waals surface area contributed by atoms with E-state index in [4.69, 9.17) is 0 Å². The largest absolute Gasteiger partial charge is 0.469 e.